The summed E-state index contributed by atoms with van der Waals surface area (Å²) >= 11 is 1.44. The van der Waals surface area contributed by atoms with Crippen LogP contribution >= 0.6 is 11.9 Å². The lowest BCUT2D eigenvalue weighted by atomic mass is 10.5. The molecule has 0 aromatic heterocycles. The highest BCUT2D eigenvalue weighted by Crippen LogP contribution is 2.19. The predicted molar refractivity (Wildman–Crippen MR) is 31.0 cm³/mol. The summed E-state index contributed by atoms with van der Waals surface area (Å²) in [7, 11) is 1.64. The van der Waals surface area contributed by atoms with Gasteiger partial charge in [-0.25, -0.2) is 0 Å². The third kappa shape index (κ3) is 1.09. The van der Waals surface area contributed by atoms with Gasteiger partial charge in [-0.2, -0.15) is 4.40 Å². The van der Waals surface area contributed by atoms with E-state index in [-0.39, 0.29) is 0 Å². The van der Waals surface area contributed by atoms with Crippen LogP contribution in [0.2, 0.25) is 0 Å². The van der Waals surface area contributed by atoms with E-state index < -0.39 is 0 Å². The molecular weight excluding hydrogens is 110 g/mol. The van der Waals surface area contributed by atoms with Crippen LogP contribution in [-0.2, 0) is 4.74 Å². The van der Waals surface area contributed by atoms with Crippen LogP contribution in [-0.4, -0.2) is 13.0 Å². The maximum Gasteiger partial charge on any atom is 0.195 e. The van der Waals surface area contributed by atoms with Crippen LogP contribution in [0.3, 0.4) is 0 Å². The van der Waals surface area contributed by atoms with Gasteiger partial charge >= 0.3 is 0 Å². The molecule has 1 rings (SSSR count). The van der Waals surface area contributed by atoms with E-state index in [1.807, 2.05) is 5.75 Å². The lowest BCUT2D eigenvalue weighted by Gasteiger charge is -1.90. The van der Waals surface area contributed by atoms with Gasteiger partial charge in [0.05, 0.1) is 7.11 Å². The number of methoxy groups -OCH3 is 1. The Labute approximate surface area is 47.1 Å². The summed E-state index contributed by atoms with van der Waals surface area (Å²) in [6.07, 6.45) is 0.876. The average Bonchev–Trinajstić information content (AvgIpc) is 2.14. The van der Waals surface area contributed by atoms with Gasteiger partial charge in [0.15, 0.2) is 5.90 Å². The normalized spacial score (nSPS) is 19.3. The second-order valence-electron chi connectivity index (χ2n) is 1.17. The molecule has 1 aliphatic heterocycles. The van der Waals surface area contributed by atoms with Crippen molar-refractivity contribution in [2.75, 3.05) is 7.11 Å². The standard InChI is InChI=1S/C4H6NOS/c1-6-4-2-3-7-5-4/h3H,2H2,1H3. The van der Waals surface area contributed by atoms with E-state index in [9.17, 15) is 0 Å². The summed E-state index contributed by atoms with van der Waals surface area (Å²) < 4.78 is 8.72. The molecule has 3 heteroatoms. The van der Waals surface area contributed by atoms with Crippen molar-refractivity contribution in [3.05, 3.63) is 5.75 Å². The molecule has 0 atom stereocenters. The maximum absolute atomic E-state index is 4.81. The molecule has 0 spiro atoms. The topological polar surface area (TPSA) is 21.6 Å². The van der Waals surface area contributed by atoms with E-state index in [1.165, 1.54) is 11.9 Å². The Kier molecular flexibility index (Phi) is 1.57. The molecule has 1 heterocycles. The Morgan fingerprint density at radius 3 is 3.14 bits per heavy atom. The van der Waals surface area contributed by atoms with Gasteiger partial charge in [-0.1, -0.05) is 0 Å². The number of nitrogens with zero attached hydrogens (tertiary/aromatic N) is 1. The summed E-state index contributed by atoms with van der Waals surface area (Å²) in [5.41, 5.74) is 0. The highest BCUT2D eigenvalue weighted by atomic mass is 32.2. The summed E-state index contributed by atoms with van der Waals surface area (Å²) in [6.45, 7) is 0. The third-order valence-electron chi connectivity index (χ3n) is 0.723. The Morgan fingerprint density at radius 1 is 2.00 bits per heavy atom. The molecule has 0 aromatic rings. The second kappa shape index (κ2) is 2.21. The smallest absolute Gasteiger partial charge is 0.195 e. The van der Waals surface area contributed by atoms with Gasteiger partial charge < -0.3 is 4.74 Å². The first-order valence-corrected chi connectivity index (χ1v) is 2.85. The number of hydrogen-bond acceptors (Lipinski definition) is 3. The first kappa shape index (κ1) is 4.97. The first-order valence-electron chi connectivity index (χ1n) is 2.02. The molecule has 7 heavy (non-hydrogen) atoms. The summed E-state index contributed by atoms with van der Waals surface area (Å²) in [6, 6.07) is 0. The fourth-order valence-electron chi connectivity index (χ4n) is 0.362. The molecule has 0 bridgehead atoms. The summed E-state index contributed by atoms with van der Waals surface area (Å²) in [5.74, 6) is 2.82. The number of hydrogen-bond donors (Lipinski definition) is 0. The molecule has 0 saturated heterocycles. The molecule has 0 amide bonds. The molecule has 0 N–H and O–H groups in total. The lowest BCUT2D eigenvalue weighted by molar-refractivity contribution is 0.397. The molecule has 39 valence electrons. The fraction of sp³-hybridized carbons (Fsp3) is 0.500. The van der Waals surface area contributed by atoms with Crippen molar-refractivity contribution in [1.82, 2.24) is 0 Å². The van der Waals surface area contributed by atoms with Crippen molar-refractivity contribution in [3.63, 3.8) is 0 Å². The number of rotatable bonds is 0. The van der Waals surface area contributed by atoms with Crippen LogP contribution in [0.1, 0.15) is 6.42 Å². The minimum Gasteiger partial charge on any atom is -0.484 e. The molecule has 2 nitrogen and oxygen atoms in total. The van der Waals surface area contributed by atoms with Crippen LogP contribution < -0.4 is 0 Å². The zero-order valence-electron chi connectivity index (χ0n) is 4.05. The lowest BCUT2D eigenvalue weighted by Crippen LogP contribution is -1.93. The molecule has 0 fully saturated rings. The van der Waals surface area contributed by atoms with Crippen molar-refractivity contribution in [2.45, 2.75) is 6.42 Å². The zero-order valence-corrected chi connectivity index (χ0v) is 4.86. The molecule has 0 unspecified atom stereocenters. The fourth-order valence-corrected chi connectivity index (χ4v) is 0.921. The zero-order chi connectivity index (χ0) is 5.11. The quantitative estimate of drug-likeness (QED) is 0.444. The van der Waals surface area contributed by atoms with Crippen molar-refractivity contribution >= 4 is 17.8 Å². The van der Waals surface area contributed by atoms with Crippen LogP contribution in [0.5, 0.6) is 0 Å². The van der Waals surface area contributed by atoms with E-state index in [0.717, 1.165) is 12.3 Å². The van der Waals surface area contributed by atoms with Crippen LogP contribution in [0.15, 0.2) is 4.40 Å². The molecule has 0 aliphatic carbocycles. The highest BCUT2D eigenvalue weighted by molar-refractivity contribution is 8.00. The monoisotopic (exact) mass is 116 g/mol. The van der Waals surface area contributed by atoms with E-state index in [2.05, 4.69) is 4.40 Å². The Morgan fingerprint density at radius 2 is 2.86 bits per heavy atom. The van der Waals surface area contributed by atoms with Crippen molar-refractivity contribution in [1.29, 1.82) is 0 Å². The van der Waals surface area contributed by atoms with Gasteiger partial charge in [-0.05, 0) is 11.9 Å². The molecule has 0 saturated carbocycles. The van der Waals surface area contributed by atoms with Gasteiger partial charge in [0.25, 0.3) is 0 Å². The third-order valence-corrected chi connectivity index (χ3v) is 1.35. The van der Waals surface area contributed by atoms with Gasteiger partial charge in [0, 0.05) is 12.2 Å². The first-order chi connectivity index (χ1) is 3.43. The van der Waals surface area contributed by atoms with Crippen molar-refractivity contribution < 1.29 is 4.74 Å². The second-order valence-corrected chi connectivity index (χ2v) is 1.89. The van der Waals surface area contributed by atoms with E-state index in [1.54, 1.807) is 7.11 Å². The summed E-state index contributed by atoms with van der Waals surface area (Å²) in [5, 5.41) is 0. The largest absolute Gasteiger partial charge is 0.484 e. The van der Waals surface area contributed by atoms with Gasteiger partial charge in [0.2, 0.25) is 0 Å². The maximum atomic E-state index is 4.81. The molecule has 1 aliphatic rings. The van der Waals surface area contributed by atoms with Gasteiger partial charge in [-0.15, -0.1) is 0 Å². The van der Waals surface area contributed by atoms with Crippen molar-refractivity contribution in [3.8, 4) is 0 Å². The van der Waals surface area contributed by atoms with Gasteiger partial charge in [-0.3, -0.25) is 0 Å². The Balaban J connectivity index is 2.36. The van der Waals surface area contributed by atoms with Gasteiger partial charge in [0.1, 0.15) is 0 Å². The predicted octanol–water partition coefficient (Wildman–Crippen LogP) is 1.24. The van der Waals surface area contributed by atoms with Crippen LogP contribution in [0.4, 0.5) is 0 Å². The van der Waals surface area contributed by atoms with Crippen molar-refractivity contribution in [2.24, 2.45) is 4.40 Å². The highest BCUT2D eigenvalue weighted by Gasteiger charge is 2.04. The molecule has 0 aromatic carbocycles. The summed E-state index contributed by atoms with van der Waals surface area (Å²) in [4.78, 5) is 0. The van der Waals surface area contributed by atoms with E-state index in [4.69, 9.17) is 4.74 Å². The number of ether oxygens (including phenoxy) is 1. The van der Waals surface area contributed by atoms with Crippen LogP contribution in [0, 0.1) is 5.75 Å². The SMILES string of the molecule is COC1=NS[CH]C1. The minimum absolute atomic E-state index is 0.824. The molecule has 1 radical (unpaired) electrons. The van der Waals surface area contributed by atoms with E-state index in [0.29, 0.717) is 0 Å². The van der Waals surface area contributed by atoms with Crippen LogP contribution in [0.25, 0.3) is 0 Å². The average molecular weight is 116 g/mol. The minimum atomic E-state index is 0.824. The van der Waals surface area contributed by atoms with E-state index >= 15 is 0 Å². The Hall–Kier alpha value is -0.180. The Bertz CT molecular complexity index is 91.7. The molecular formula is C4H6NOS.